The molecule has 4 N–H and O–H groups in total. The number of nitrogens with one attached hydrogen (secondary N) is 2. The third-order valence-electron chi connectivity index (χ3n) is 4.76. The maximum atomic E-state index is 12.4. The van der Waals surface area contributed by atoms with Gasteiger partial charge in [0, 0.05) is 6.04 Å². The molecule has 0 aliphatic heterocycles. The van der Waals surface area contributed by atoms with Gasteiger partial charge in [-0.25, -0.2) is 0 Å². The van der Waals surface area contributed by atoms with Crippen molar-refractivity contribution in [3.05, 3.63) is 82.3 Å². The maximum absolute atomic E-state index is 12.4. The van der Waals surface area contributed by atoms with Crippen molar-refractivity contribution in [2.75, 3.05) is 6.61 Å². The van der Waals surface area contributed by atoms with Crippen LogP contribution >= 0.6 is 0 Å². The minimum Gasteiger partial charge on any atom is -0.481 e. The first-order chi connectivity index (χ1) is 14.5. The van der Waals surface area contributed by atoms with E-state index in [0.717, 1.165) is 22.8 Å². The number of aliphatic hydroxyl groups excluding tert-OH is 1. The molecule has 8 nitrogen and oxygen atoms in total. The summed E-state index contributed by atoms with van der Waals surface area (Å²) in [5.41, 5.74) is 2.44. The van der Waals surface area contributed by atoms with Gasteiger partial charge in [0.25, 0.3) is 11.5 Å². The molecule has 1 aromatic heterocycles. The highest BCUT2D eigenvalue weighted by Crippen LogP contribution is 2.21. The van der Waals surface area contributed by atoms with Gasteiger partial charge < -0.3 is 20.1 Å². The molecule has 1 amide bonds. The number of amides is 1. The Morgan fingerprint density at radius 3 is 2.27 bits per heavy atom. The number of aromatic amines is 1. The van der Waals surface area contributed by atoms with Crippen molar-refractivity contribution in [1.29, 1.82) is 0 Å². The maximum Gasteiger partial charge on any atom is 0.308 e. The quantitative estimate of drug-likeness (QED) is 0.427. The Labute approximate surface area is 172 Å². The third kappa shape index (κ3) is 5.45. The van der Waals surface area contributed by atoms with E-state index in [2.05, 4.69) is 5.32 Å². The number of carbonyl (C=O) groups is 2. The number of H-pyrrole nitrogens is 1. The van der Waals surface area contributed by atoms with Crippen molar-refractivity contribution in [2.45, 2.75) is 18.9 Å². The van der Waals surface area contributed by atoms with Crippen molar-refractivity contribution < 1.29 is 24.3 Å². The van der Waals surface area contributed by atoms with Gasteiger partial charge in [-0.3, -0.25) is 14.4 Å². The molecule has 0 fully saturated rings. The summed E-state index contributed by atoms with van der Waals surface area (Å²) in [6, 6.07) is 18.0. The molecule has 2 aromatic carbocycles. The van der Waals surface area contributed by atoms with E-state index in [1.165, 1.54) is 0 Å². The molecule has 8 heteroatoms. The average Bonchev–Trinajstić information content (AvgIpc) is 3.19. The summed E-state index contributed by atoms with van der Waals surface area (Å²) < 4.78 is 4.81. The number of carbonyl (C=O) groups excluding carboxylic acids is 1. The molecule has 0 aliphatic rings. The topological polar surface area (TPSA) is 133 Å². The SMILES string of the molecule is O=C(N[C@H](Cc1ccc(-c2ccccc2)cc1)C[C@@H](CO)C(=O)O)c1cc(=O)[nH]o1. The lowest BCUT2D eigenvalue weighted by Gasteiger charge is -2.21. The average molecular weight is 410 g/mol. The molecule has 0 bridgehead atoms. The zero-order valence-corrected chi connectivity index (χ0v) is 16.1. The third-order valence-corrected chi connectivity index (χ3v) is 4.76. The van der Waals surface area contributed by atoms with Gasteiger partial charge >= 0.3 is 5.97 Å². The monoisotopic (exact) mass is 410 g/mol. The molecule has 3 rings (SSSR count). The number of benzene rings is 2. The summed E-state index contributed by atoms with van der Waals surface area (Å²) in [7, 11) is 0. The van der Waals surface area contributed by atoms with Crippen LogP contribution in [-0.2, 0) is 11.2 Å². The minimum absolute atomic E-state index is 0.0205. The molecule has 3 aromatic rings. The number of aliphatic hydroxyl groups is 1. The van der Waals surface area contributed by atoms with E-state index in [0.29, 0.717) is 6.42 Å². The van der Waals surface area contributed by atoms with E-state index in [-0.39, 0.29) is 12.2 Å². The van der Waals surface area contributed by atoms with Gasteiger partial charge in [0.1, 0.15) is 0 Å². The Morgan fingerprint density at radius 2 is 1.70 bits per heavy atom. The van der Waals surface area contributed by atoms with Gasteiger partial charge in [-0.2, -0.15) is 5.16 Å². The molecular weight excluding hydrogens is 388 g/mol. The van der Waals surface area contributed by atoms with Crippen LogP contribution in [-0.4, -0.2) is 39.9 Å². The second-order valence-corrected chi connectivity index (χ2v) is 6.97. The number of rotatable bonds is 9. The van der Waals surface area contributed by atoms with Crippen LogP contribution in [0.15, 0.2) is 70.0 Å². The first-order valence-electron chi connectivity index (χ1n) is 9.43. The van der Waals surface area contributed by atoms with Crippen LogP contribution in [0.2, 0.25) is 0 Å². The van der Waals surface area contributed by atoms with Crippen LogP contribution < -0.4 is 10.9 Å². The summed E-state index contributed by atoms with van der Waals surface area (Å²) in [5.74, 6) is -3.01. The van der Waals surface area contributed by atoms with Gasteiger partial charge in [0.2, 0.25) is 5.76 Å². The standard InChI is InChI=1S/C22H22N2O6/c25-13-17(22(28)29)11-18(23-21(27)19-12-20(26)24-30-19)10-14-6-8-16(9-7-14)15-4-2-1-3-5-15/h1-9,12,17-18,25H,10-11,13H2,(H,23,27)(H,24,26)(H,28,29)/t17-,18+/m0/s1. The highest BCUT2D eigenvalue weighted by atomic mass is 16.5. The molecule has 0 saturated heterocycles. The van der Waals surface area contributed by atoms with Crippen LogP contribution in [0.25, 0.3) is 11.1 Å². The van der Waals surface area contributed by atoms with Gasteiger partial charge in [0.05, 0.1) is 18.6 Å². The summed E-state index contributed by atoms with van der Waals surface area (Å²) >= 11 is 0. The number of carboxylic acids is 1. The number of hydrogen-bond donors (Lipinski definition) is 4. The molecular formula is C22H22N2O6. The highest BCUT2D eigenvalue weighted by Gasteiger charge is 2.25. The van der Waals surface area contributed by atoms with Crippen molar-refractivity contribution in [3.63, 3.8) is 0 Å². The van der Waals surface area contributed by atoms with Crippen LogP contribution in [0.1, 0.15) is 22.5 Å². The highest BCUT2D eigenvalue weighted by molar-refractivity contribution is 5.91. The van der Waals surface area contributed by atoms with Gasteiger partial charge in [-0.15, -0.1) is 0 Å². The number of carboxylic acid groups (broad SMARTS) is 1. The lowest BCUT2D eigenvalue weighted by molar-refractivity contribution is -0.143. The van der Waals surface area contributed by atoms with Crippen LogP contribution in [0.3, 0.4) is 0 Å². The molecule has 1 heterocycles. The van der Waals surface area contributed by atoms with Crippen molar-refractivity contribution in [3.8, 4) is 11.1 Å². The number of hydrogen-bond acceptors (Lipinski definition) is 5. The second-order valence-electron chi connectivity index (χ2n) is 6.97. The summed E-state index contributed by atoms with van der Waals surface area (Å²) in [6.45, 7) is -0.548. The summed E-state index contributed by atoms with van der Waals surface area (Å²) in [4.78, 5) is 34.9. The van der Waals surface area contributed by atoms with E-state index in [9.17, 15) is 24.6 Å². The molecule has 0 spiro atoms. The van der Waals surface area contributed by atoms with E-state index >= 15 is 0 Å². The molecule has 0 saturated carbocycles. The van der Waals surface area contributed by atoms with Crippen molar-refractivity contribution in [2.24, 2.45) is 5.92 Å². The number of aromatic nitrogens is 1. The molecule has 156 valence electrons. The largest absolute Gasteiger partial charge is 0.481 e. The number of aliphatic carboxylic acids is 1. The Hall–Kier alpha value is -3.65. The smallest absolute Gasteiger partial charge is 0.308 e. The van der Waals surface area contributed by atoms with E-state index in [4.69, 9.17) is 4.52 Å². The van der Waals surface area contributed by atoms with Crippen LogP contribution in [0.5, 0.6) is 0 Å². The zero-order chi connectivity index (χ0) is 21.5. The molecule has 0 unspecified atom stereocenters. The van der Waals surface area contributed by atoms with Crippen molar-refractivity contribution >= 4 is 11.9 Å². The van der Waals surface area contributed by atoms with E-state index in [1.54, 1.807) is 0 Å². The van der Waals surface area contributed by atoms with E-state index < -0.39 is 36.0 Å². The van der Waals surface area contributed by atoms with Crippen molar-refractivity contribution in [1.82, 2.24) is 10.5 Å². The molecule has 2 atom stereocenters. The van der Waals surface area contributed by atoms with Crippen LogP contribution in [0, 0.1) is 5.92 Å². The lowest BCUT2D eigenvalue weighted by Crippen LogP contribution is -2.39. The first-order valence-corrected chi connectivity index (χ1v) is 9.43. The normalized spacial score (nSPS) is 12.8. The Bertz CT molecular complexity index is 1040. The Kier molecular flexibility index (Phi) is 6.82. The molecule has 30 heavy (non-hydrogen) atoms. The van der Waals surface area contributed by atoms with Gasteiger partial charge in [-0.1, -0.05) is 54.6 Å². The Balaban J connectivity index is 1.76. The van der Waals surface area contributed by atoms with Gasteiger partial charge in [-0.05, 0) is 29.5 Å². The fraction of sp³-hybridized carbons (Fsp3) is 0.227. The second kappa shape index (κ2) is 9.71. The first kappa shape index (κ1) is 21.1. The van der Waals surface area contributed by atoms with Crippen LogP contribution in [0.4, 0.5) is 0 Å². The lowest BCUT2D eigenvalue weighted by atomic mass is 9.94. The minimum atomic E-state index is -1.15. The fourth-order valence-corrected chi connectivity index (χ4v) is 3.19. The summed E-state index contributed by atoms with van der Waals surface area (Å²) in [5, 5.41) is 23.4. The Morgan fingerprint density at radius 1 is 1.03 bits per heavy atom. The zero-order valence-electron chi connectivity index (χ0n) is 16.1. The summed E-state index contributed by atoms with van der Waals surface area (Å²) in [6.07, 6.45) is 0.367. The van der Waals surface area contributed by atoms with E-state index in [1.807, 2.05) is 59.8 Å². The van der Waals surface area contributed by atoms with Gasteiger partial charge in [0.15, 0.2) is 0 Å². The predicted molar refractivity (Wildman–Crippen MR) is 109 cm³/mol. The molecule has 0 aliphatic carbocycles. The fourth-order valence-electron chi connectivity index (χ4n) is 3.19. The predicted octanol–water partition coefficient (Wildman–Crippen LogP) is 2.06. The molecule has 0 radical (unpaired) electrons.